The van der Waals surface area contributed by atoms with E-state index in [1.165, 1.54) is 4.90 Å². The highest BCUT2D eigenvalue weighted by atomic mass is 19.4. The van der Waals surface area contributed by atoms with Gasteiger partial charge in [-0.2, -0.15) is 26.3 Å². The first kappa shape index (κ1) is 34.3. The van der Waals surface area contributed by atoms with Gasteiger partial charge in [0.05, 0.1) is 6.61 Å². The Bertz CT molecular complexity index is 1570. The fraction of sp³-hybridized carbons (Fsp3) is 0.531. The maximum atomic E-state index is 13.6. The molecule has 2 fully saturated rings. The standard InChI is InChI=1S/C32H36F6N4O5/c1-5-6-20-13-23(30(46,31(33,34)35)32(36,37)38)7-9-24(20)40-15-19(3)41(16-18(40)2)26(43)17-42-27(44)29(4,39-28(42)45)22-8-10-25-21(14-22)11-12-47-25/h7-10,13-14,18-19,46H,5-6,11-12,15-17H2,1-4H3,(H,39,45)/t18-,19+,29?/m0/s1. The van der Waals surface area contributed by atoms with Crippen molar-refractivity contribution in [1.82, 2.24) is 15.1 Å². The average molecular weight is 671 g/mol. The fourth-order valence-electron chi connectivity index (χ4n) is 6.62. The van der Waals surface area contributed by atoms with Gasteiger partial charge in [-0.3, -0.25) is 14.5 Å². The number of nitrogens with one attached hydrogen (secondary N) is 1. The molecule has 2 saturated heterocycles. The number of aliphatic hydroxyl groups is 1. The molecule has 2 aromatic rings. The third-order valence-electron chi connectivity index (χ3n) is 9.29. The number of urea groups is 1. The second-order valence-electron chi connectivity index (χ2n) is 12.6. The van der Waals surface area contributed by atoms with Crippen molar-refractivity contribution in [3.63, 3.8) is 0 Å². The third kappa shape index (κ3) is 5.76. The van der Waals surface area contributed by atoms with Crippen LogP contribution >= 0.6 is 0 Å². The molecule has 2 aromatic carbocycles. The molecule has 0 aliphatic carbocycles. The second-order valence-corrected chi connectivity index (χ2v) is 12.6. The molecule has 3 aliphatic heterocycles. The molecule has 9 nitrogen and oxygen atoms in total. The van der Waals surface area contributed by atoms with E-state index < -0.39 is 65.5 Å². The van der Waals surface area contributed by atoms with Crippen molar-refractivity contribution >= 4 is 23.5 Å². The Morgan fingerprint density at radius 2 is 1.70 bits per heavy atom. The highest BCUT2D eigenvalue weighted by Gasteiger charge is 2.71. The average Bonchev–Trinajstić information content (AvgIpc) is 3.55. The first-order valence-electron chi connectivity index (χ1n) is 15.3. The maximum Gasteiger partial charge on any atom is 0.430 e. The summed E-state index contributed by atoms with van der Waals surface area (Å²) < 4.78 is 87.1. The van der Waals surface area contributed by atoms with E-state index in [-0.39, 0.29) is 25.1 Å². The molecule has 0 spiro atoms. The molecular formula is C32H36F6N4O5. The highest BCUT2D eigenvalue weighted by Crippen LogP contribution is 2.50. The Morgan fingerprint density at radius 3 is 2.34 bits per heavy atom. The van der Waals surface area contributed by atoms with Crippen LogP contribution in [-0.2, 0) is 33.6 Å². The SMILES string of the molecule is CCCc1cc(C(O)(C(F)(F)F)C(F)(F)F)ccc1N1C[C@@H](C)N(C(=O)CN2C(=O)NC(C)(c3ccc4c(c3)CCO4)C2=O)C[C@@H]1C. The fourth-order valence-corrected chi connectivity index (χ4v) is 6.62. The molecule has 1 unspecified atom stereocenters. The first-order chi connectivity index (χ1) is 21.8. The van der Waals surface area contributed by atoms with Crippen molar-refractivity contribution < 1.29 is 50.6 Å². The van der Waals surface area contributed by atoms with Gasteiger partial charge < -0.3 is 25.0 Å². The van der Waals surface area contributed by atoms with Crippen molar-refractivity contribution in [3.8, 4) is 5.75 Å². The van der Waals surface area contributed by atoms with Crippen LogP contribution in [-0.4, -0.2) is 83.4 Å². The van der Waals surface area contributed by atoms with E-state index in [1.807, 2.05) is 0 Å². The lowest BCUT2D eigenvalue weighted by Crippen LogP contribution is -2.60. The number of rotatable bonds is 7. The van der Waals surface area contributed by atoms with Gasteiger partial charge in [-0.1, -0.05) is 31.5 Å². The van der Waals surface area contributed by atoms with Crippen LogP contribution in [0, 0.1) is 0 Å². The smallest absolute Gasteiger partial charge is 0.430 e. The van der Waals surface area contributed by atoms with Crippen molar-refractivity contribution in [3.05, 3.63) is 58.7 Å². The molecular weight excluding hydrogens is 634 g/mol. The molecule has 0 radical (unpaired) electrons. The zero-order valence-electron chi connectivity index (χ0n) is 26.3. The lowest BCUT2D eigenvalue weighted by molar-refractivity contribution is -0.376. The summed E-state index contributed by atoms with van der Waals surface area (Å²) in [5.41, 5.74) is -5.72. The zero-order chi connectivity index (χ0) is 34.7. The molecule has 3 atom stereocenters. The number of nitrogens with zero attached hydrogens (tertiary/aromatic N) is 3. The van der Waals surface area contributed by atoms with Crippen LogP contribution in [0.3, 0.4) is 0 Å². The minimum atomic E-state index is -6.01. The molecule has 15 heteroatoms. The van der Waals surface area contributed by atoms with Crippen LogP contribution in [0.25, 0.3) is 0 Å². The van der Waals surface area contributed by atoms with E-state index in [0.717, 1.165) is 22.6 Å². The number of hydrogen-bond donors (Lipinski definition) is 2. The summed E-state index contributed by atoms with van der Waals surface area (Å²) in [4.78, 5) is 44.2. The number of amides is 4. The lowest BCUT2D eigenvalue weighted by Gasteiger charge is -2.46. The number of alkyl halides is 6. The second kappa shape index (κ2) is 11.9. The molecule has 0 aromatic heterocycles. The summed E-state index contributed by atoms with van der Waals surface area (Å²) >= 11 is 0. The predicted molar refractivity (Wildman–Crippen MR) is 158 cm³/mol. The van der Waals surface area contributed by atoms with Gasteiger partial charge in [0.25, 0.3) is 11.5 Å². The van der Waals surface area contributed by atoms with Gasteiger partial charge in [0.15, 0.2) is 0 Å². The van der Waals surface area contributed by atoms with Crippen LogP contribution < -0.4 is 15.0 Å². The lowest BCUT2D eigenvalue weighted by atomic mass is 9.89. The summed E-state index contributed by atoms with van der Waals surface area (Å²) in [6.45, 7) is 7.04. The van der Waals surface area contributed by atoms with Gasteiger partial charge >= 0.3 is 18.4 Å². The first-order valence-corrected chi connectivity index (χ1v) is 15.3. The molecule has 2 N–H and O–H groups in total. The van der Waals surface area contributed by atoms with Crippen molar-refractivity contribution in [1.29, 1.82) is 0 Å². The van der Waals surface area contributed by atoms with Crippen molar-refractivity contribution in [2.45, 2.75) is 82.5 Å². The van der Waals surface area contributed by atoms with E-state index in [2.05, 4.69) is 5.32 Å². The van der Waals surface area contributed by atoms with E-state index in [0.29, 0.717) is 42.5 Å². The number of fused-ring (bicyclic) bond motifs is 1. The molecule has 3 heterocycles. The van der Waals surface area contributed by atoms with E-state index in [1.54, 1.807) is 50.8 Å². The number of imide groups is 1. The van der Waals surface area contributed by atoms with Gasteiger partial charge in [-0.05, 0) is 62.1 Å². The highest BCUT2D eigenvalue weighted by molar-refractivity contribution is 6.09. The van der Waals surface area contributed by atoms with Crippen LogP contribution in [0.2, 0.25) is 0 Å². The molecule has 256 valence electrons. The van der Waals surface area contributed by atoms with Crippen LogP contribution in [0.1, 0.15) is 56.4 Å². The number of piperazine rings is 1. The van der Waals surface area contributed by atoms with E-state index >= 15 is 0 Å². The Balaban J connectivity index is 1.33. The van der Waals surface area contributed by atoms with Crippen molar-refractivity contribution in [2.75, 3.05) is 31.1 Å². The van der Waals surface area contributed by atoms with Crippen LogP contribution in [0.4, 0.5) is 36.8 Å². The van der Waals surface area contributed by atoms with Gasteiger partial charge in [0, 0.05) is 42.8 Å². The summed E-state index contributed by atoms with van der Waals surface area (Å²) in [7, 11) is 0. The summed E-state index contributed by atoms with van der Waals surface area (Å²) in [6.07, 6.45) is -10.8. The molecule has 5 rings (SSSR count). The number of hydrogen-bond acceptors (Lipinski definition) is 6. The van der Waals surface area contributed by atoms with Crippen molar-refractivity contribution in [2.24, 2.45) is 0 Å². The normalized spacial score (nSPS) is 23.6. The topological polar surface area (TPSA) is 102 Å². The van der Waals surface area contributed by atoms with Gasteiger partial charge in [0.1, 0.15) is 17.8 Å². The molecule has 0 saturated carbocycles. The van der Waals surface area contributed by atoms with E-state index in [9.17, 15) is 45.8 Å². The van der Waals surface area contributed by atoms with Gasteiger partial charge in [0.2, 0.25) is 5.91 Å². The van der Waals surface area contributed by atoms with Crippen LogP contribution in [0.15, 0.2) is 36.4 Å². The van der Waals surface area contributed by atoms with Gasteiger partial charge in [-0.15, -0.1) is 0 Å². The largest absolute Gasteiger partial charge is 0.493 e. The number of ether oxygens (including phenoxy) is 1. The molecule has 4 amide bonds. The number of carbonyl (C=O) groups is 3. The monoisotopic (exact) mass is 670 g/mol. The quantitative estimate of drug-likeness (QED) is 0.325. The maximum absolute atomic E-state index is 13.6. The zero-order valence-corrected chi connectivity index (χ0v) is 26.3. The third-order valence-corrected chi connectivity index (χ3v) is 9.29. The van der Waals surface area contributed by atoms with E-state index in [4.69, 9.17) is 4.74 Å². The van der Waals surface area contributed by atoms with Gasteiger partial charge in [-0.25, -0.2) is 4.79 Å². The number of aryl methyl sites for hydroxylation is 1. The Morgan fingerprint density at radius 1 is 1.02 bits per heavy atom. The number of benzene rings is 2. The minimum Gasteiger partial charge on any atom is -0.493 e. The Labute approximate surface area is 267 Å². The molecule has 0 bridgehead atoms. The predicted octanol–water partition coefficient (Wildman–Crippen LogP) is 4.78. The van der Waals surface area contributed by atoms with Crippen LogP contribution in [0.5, 0.6) is 5.75 Å². The minimum absolute atomic E-state index is 0.105. The Kier molecular flexibility index (Phi) is 8.69. The summed E-state index contributed by atoms with van der Waals surface area (Å²) in [6, 6.07) is 6.10. The number of anilines is 1. The Hall–Kier alpha value is -4.01. The molecule has 3 aliphatic rings. The molecule has 47 heavy (non-hydrogen) atoms. The number of carbonyl (C=O) groups excluding carboxylic acids is 3. The summed E-state index contributed by atoms with van der Waals surface area (Å²) in [5, 5.41) is 12.7. The summed E-state index contributed by atoms with van der Waals surface area (Å²) in [5.74, 6) is -0.370. The number of halogens is 6.